The molecule has 44 heavy (non-hydrogen) atoms. The Morgan fingerprint density at radius 3 is 2.39 bits per heavy atom. The molecule has 9 nitrogen and oxygen atoms in total. The van der Waals surface area contributed by atoms with Crippen LogP contribution in [-0.4, -0.2) is 63.3 Å². The molecule has 6 rings (SSSR count). The Labute approximate surface area is 260 Å². The predicted octanol–water partition coefficient (Wildman–Crippen LogP) is 5.91. The molecule has 1 aliphatic heterocycles. The van der Waals surface area contributed by atoms with E-state index in [1.165, 1.54) is 23.5 Å². The second-order valence-electron chi connectivity index (χ2n) is 11.6. The van der Waals surface area contributed by atoms with Gasteiger partial charge in [0.15, 0.2) is 0 Å². The Balaban J connectivity index is 1.32. The van der Waals surface area contributed by atoms with Crippen LogP contribution in [-0.2, 0) is 16.1 Å². The molecule has 0 radical (unpaired) electrons. The molecule has 2 aromatic carbocycles. The van der Waals surface area contributed by atoms with Crippen LogP contribution in [0.1, 0.15) is 59.5 Å². The topological polar surface area (TPSA) is 92.6 Å². The maximum absolute atomic E-state index is 14.4. The lowest BCUT2D eigenvalue weighted by Crippen LogP contribution is -2.59. The van der Waals surface area contributed by atoms with Gasteiger partial charge in [-0.25, -0.2) is 14.1 Å². The van der Waals surface area contributed by atoms with Crippen molar-refractivity contribution in [2.24, 2.45) is 0 Å². The van der Waals surface area contributed by atoms with Crippen molar-refractivity contribution in [3.8, 4) is 5.13 Å². The van der Waals surface area contributed by atoms with Crippen LogP contribution in [0, 0.1) is 19.7 Å². The zero-order valence-corrected chi connectivity index (χ0v) is 25.9. The largest absolute Gasteiger partial charge is 0.378 e. The van der Waals surface area contributed by atoms with Crippen molar-refractivity contribution in [1.82, 2.24) is 19.7 Å². The van der Waals surface area contributed by atoms with Gasteiger partial charge in [0.05, 0.1) is 18.9 Å². The number of carbonyl (C=O) groups is 2. The highest BCUT2D eigenvalue weighted by molar-refractivity contribution is 7.12. The summed E-state index contributed by atoms with van der Waals surface area (Å²) in [7, 11) is 0. The molecule has 0 spiro atoms. The lowest BCUT2D eigenvalue weighted by Gasteiger charge is -2.45. The highest BCUT2D eigenvalue weighted by Gasteiger charge is 2.47. The van der Waals surface area contributed by atoms with Gasteiger partial charge >= 0.3 is 0 Å². The smallest absolute Gasteiger partial charge is 0.274 e. The maximum Gasteiger partial charge on any atom is 0.274 e. The number of aryl methyl sites for hydroxylation is 2. The first-order valence-corrected chi connectivity index (χ1v) is 16.0. The number of hydrogen-bond acceptors (Lipinski definition) is 7. The van der Waals surface area contributed by atoms with E-state index < -0.39 is 5.54 Å². The first-order valence-electron chi connectivity index (χ1n) is 15.1. The molecular weight excluding hydrogens is 579 g/mol. The second-order valence-corrected chi connectivity index (χ2v) is 12.4. The highest BCUT2D eigenvalue weighted by atomic mass is 32.1. The first kappa shape index (κ1) is 30.0. The van der Waals surface area contributed by atoms with E-state index in [1.54, 1.807) is 27.1 Å². The normalized spacial score (nSPS) is 16.5. The molecular formula is C33H37FN6O3S. The summed E-state index contributed by atoms with van der Waals surface area (Å²) in [6, 6.07) is 15.9. The minimum atomic E-state index is -1.10. The predicted molar refractivity (Wildman–Crippen MR) is 169 cm³/mol. The Kier molecular flexibility index (Phi) is 8.76. The summed E-state index contributed by atoms with van der Waals surface area (Å²) >= 11 is 1.33. The summed E-state index contributed by atoms with van der Waals surface area (Å²) in [5, 5.41) is 9.97. The van der Waals surface area contributed by atoms with Crippen LogP contribution in [0.4, 0.5) is 15.8 Å². The van der Waals surface area contributed by atoms with Crippen molar-refractivity contribution >= 4 is 34.5 Å². The molecule has 230 valence electrons. The molecule has 1 saturated carbocycles. The van der Waals surface area contributed by atoms with E-state index >= 15 is 0 Å². The van der Waals surface area contributed by atoms with E-state index in [1.807, 2.05) is 44.2 Å². The molecule has 0 unspecified atom stereocenters. The van der Waals surface area contributed by atoms with Crippen LogP contribution in [0.3, 0.4) is 0 Å². The van der Waals surface area contributed by atoms with Gasteiger partial charge in [-0.05, 0) is 74.7 Å². The molecule has 3 heterocycles. The molecule has 1 saturated heterocycles. The van der Waals surface area contributed by atoms with Crippen molar-refractivity contribution in [2.45, 2.75) is 58.0 Å². The molecule has 2 fully saturated rings. The summed E-state index contributed by atoms with van der Waals surface area (Å²) in [4.78, 5) is 37.4. The van der Waals surface area contributed by atoms with Gasteiger partial charge in [0, 0.05) is 42.1 Å². The van der Waals surface area contributed by atoms with E-state index in [2.05, 4.69) is 20.3 Å². The maximum atomic E-state index is 14.4. The number of halogens is 1. The van der Waals surface area contributed by atoms with Crippen LogP contribution in [0.25, 0.3) is 5.13 Å². The fraction of sp³-hybridized carbons (Fsp3) is 0.394. The second kappa shape index (κ2) is 12.9. The Hall–Kier alpha value is -4.09. The zero-order chi connectivity index (χ0) is 30.7. The average Bonchev–Trinajstić information content (AvgIpc) is 3.67. The van der Waals surface area contributed by atoms with Crippen LogP contribution < -0.4 is 10.2 Å². The van der Waals surface area contributed by atoms with E-state index in [0.717, 1.165) is 55.0 Å². The summed E-state index contributed by atoms with van der Waals surface area (Å²) in [5.74, 6) is -0.912. The summed E-state index contributed by atoms with van der Waals surface area (Å²) in [6.07, 6.45) is 3.65. The Bertz CT molecular complexity index is 1610. The minimum absolute atomic E-state index is 0.148. The fourth-order valence-electron chi connectivity index (χ4n) is 6.19. The van der Waals surface area contributed by atoms with Crippen LogP contribution in [0.2, 0.25) is 0 Å². The molecule has 1 aliphatic carbocycles. The number of morpholine rings is 1. The number of benzene rings is 2. The molecule has 2 aliphatic rings. The van der Waals surface area contributed by atoms with Gasteiger partial charge in [-0.2, -0.15) is 5.10 Å². The third-order valence-electron chi connectivity index (χ3n) is 8.52. The van der Waals surface area contributed by atoms with Crippen molar-refractivity contribution in [3.63, 3.8) is 0 Å². The molecule has 11 heteroatoms. The Morgan fingerprint density at radius 1 is 1.02 bits per heavy atom. The Morgan fingerprint density at radius 2 is 1.73 bits per heavy atom. The zero-order valence-electron chi connectivity index (χ0n) is 25.1. The van der Waals surface area contributed by atoms with E-state index in [9.17, 15) is 14.0 Å². The molecule has 0 bridgehead atoms. The van der Waals surface area contributed by atoms with Gasteiger partial charge in [-0.1, -0.05) is 31.4 Å². The summed E-state index contributed by atoms with van der Waals surface area (Å²) in [5.41, 5.74) is 3.42. The first-order chi connectivity index (χ1) is 21.3. The van der Waals surface area contributed by atoms with Crippen LogP contribution in [0.5, 0.6) is 0 Å². The van der Waals surface area contributed by atoms with Gasteiger partial charge < -0.3 is 19.9 Å². The number of ether oxygens (including phenoxy) is 1. The average molecular weight is 617 g/mol. The van der Waals surface area contributed by atoms with Gasteiger partial charge in [-0.15, -0.1) is 11.3 Å². The molecule has 2 amide bonds. The number of rotatable bonds is 8. The number of aromatic nitrogens is 3. The van der Waals surface area contributed by atoms with Crippen molar-refractivity contribution < 1.29 is 18.7 Å². The van der Waals surface area contributed by atoms with Gasteiger partial charge in [-0.3, -0.25) is 9.59 Å². The number of anilines is 2. The molecule has 0 atom stereocenters. The van der Waals surface area contributed by atoms with Crippen molar-refractivity contribution in [1.29, 1.82) is 0 Å². The number of thiazole rings is 1. The number of carbonyl (C=O) groups excluding carboxylic acids is 2. The third kappa shape index (κ3) is 6.25. The van der Waals surface area contributed by atoms with E-state index in [4.69, 9.17) is 4.74 Å². The quantitative estimate of drug-likeness (QED) is 0.265. The SMILES string of the molecule is Cc1cc(C)n(-c2nc(C(=O)N(Cc3ccc(F)cc3)C3(C(=O)Nc4ccc(N5CCOCC5)cc4)CCCCC3)cs2)n1. The lowest BCUT2D eigenvalue weighted by atomic mass is 9.78. The van der Waals surface area contributed by atoms with Crippen LogP contribution >= 0.6 is 11.3 Å². The minimum Gasteiger partial charge on any atom is -0.378 e. The number of amides is 2. The molecule has 1 N–H and O–H groups in total. The van der Waals surface area contributed by atoms with Crippen LogP contribution in [0.15, 0.2) is 60.0 Å². The summed E-state index contributed by atoms with van der Waals surface area (Å²) in [6.45, 7) is 7.05. The number of nitrogens with zero attached hydrogens (tertiary/aromatic N) is 5. The van der Waals surface area contributed by atoms with Crippen molar-refractivity contribution in [3.05, 3.63) is 88.4 Å². The summed E-state index contributed by atoms with van der Waals surface area (Å²) < 4.78 is 21.0. The fourth-order valence-corrected chi connectivity index (χ4v) is 7.00. The van der Waals surface area contributed by atoms with Gasteiger partial charge in [0.25, 0.3) is 5.91 Å². The van der Waals surface area contributed by atoms with Gasteiger partial charge in [0.1, 0.15) is 17.1 Å². The standard InChI is InChI=1S/C33H37FN6O3S/c1-23-20-24(2)40(37-23)32-36-29(22-44-32)30(41)39(21-25-6-8-26(34)9-7-25)33(14-4-3-5-15-33)31(42)35-27-10-12-28(13-11-27)38-16-18-43-19-17-38/h6-13,20,22H,3-5,14-19,21H2,1-2H3,(H,35,42). The number of hydrogen-bond donors (Lipinski definition) is 1. The number of nitrogens with one attached hydrogen (secondary N) is 1. The highest BCUT2D eigenvalue weighted by Crippen LogP contribution is 2.38. The van der Waals surface area contributed by atoms with Crippen molar-refractivity contribution in [2.75, 3.05) is 36.5 Å². The molecule has 4 aromatic rings. The monoisotopic (exact) mass is 616 g/mol. The third-order valence-corrected chi connectivity index (χ3v) is 9.34. The van der Waals surface area contributed by atoms with E-state index in [-0.39, 0.29) is 29.9 Å². The lowest BCUT2D eigenvalue weighted by molar-refractivity contribution is -0.129. The van der Waals surface area contributed by atoms with E-state index in [0.29, 0.717) is 36.9 Å². The van der Waals surface area contributed by atoms with Gasteiger partial charge in [0.2, 0.25) is 11.0 Å². The molecule has 2 aromatic heterocycles.